The highest BCUT2D eigenvalue weighted by molar-refractivity contribution is 7.83. The van der Waals surface area contributed by atoms with Crippen LogP contribution in [-0.2, 0) is 22.3 Å². The van der Waals surface area contributed by atoms with Crippen molar-refractivity contribution in [3.63, 3.8) is 0 Å². The summed E-state index contributed by atoms with van der Waals surface area (Å²) in [5.41, 5.74) is 4.95. The predicted octanol–water partition coefficient (Wildman–Crippen LogP) is 3.23. The zero-order chi connectivity index (χ0) is 16.4. The monoisotopic (exact) mass is 329 g/mol. The van der Waals surface area contributed by atoms with Gasteiger partial charge in [0.25, 0.3) is 0 Å². The summed E-state index contributed by atoms with van der Waals surface area (Å²) in [5, 5.41) is 8.28. The number of aryl methyl sites for hydroxylation is 3. The van der Waals surface area contributed by atoms with Gasteiger partial charge >= 0.3 is 0 Å². The van der Waals surface area contributed by atoms with E-state index in [2.05, 4.69) is 10.3 Å². The molecular formula is C17H19N3O2S. The first-order valence-electron chi connectivity index (χ1n) is 7.41. The molecule has 0 amide bonds. The van der Waals surface area contributed by atoms with E-state index in [0.717, 1.165) is 28.3 Å². The van der Waals surface area contributed by atoms with Crippen molar-refractivity contribution in [2.45, 2.75) is 32.3 Å². The van der Waals surface area contributed by atoms with Crippen LogP contribution in [0, 0.1) is 20.8 Å². The van der Waals surface area contributed by atoms with E-state index in [0.29, 0.717) is 17.3 Å². The van der Waals surface area contributed by atoms with E-state index in [-0.39, 0.29) is 0 Å². The molecular weight excluding hydrogens is 310 g/mol. The summed E-state index contributed by atoms with van der Waals surface area (Å²) >= 11 is 0. The fourth-order valence-corrected chi connectivity index (χ4v) is 3.62. The second-order valence-corrected chi connectivity index (χ2v) is 7.13. The van der Waals surface area contributed by atoms with E-state index in [1.165, 1.54) is 0 Å². The number of hydrogen-bond acceptors (Lipinski definition) is 4. The molecule has 0 aliphatic heterocycles. The topological polar surface area (TPSA) is 60.9 Å². The van der Waals surface area contributed by atoms with Gasteiger partial charge in [-0.1, -0.05) is 17.3 Å². The van der Waals surface area contributed by atoms with Gasteiger partial charge in [0, 0.05) is 28.3 Å². The van der Waals surface area contributed by atoms with Crippen LogP contribution in [0.15, 0.2) is 40.9 Å². The fraction of sp³-hybridized carbons (Fsp3) is 0.294. The highest BCUT2D eigenvalue weighted by Crippen LogP contribution is 2.15. The van der Waals surface area contributed by atoms with Crippen LogP contribution in [0.25, 0.3) is 5.69 Å². The van der Waals surface area contributed by atoms with E-state index < -0.39 is 10.8 Å². The van der Waals surface area contributed by atoms with E-state index >= 15 is 0 Å². The Morgan fingerprint density at radius 3 is 2.35 bits per heavy atom. The third-order valence-corrected chi connectivity index (χ3v) is 4.76. The predicted molar refractivity (Wildman–Crippen MR) is 89.8 cm³/mol. The Kier molecular flexibility index (Phi) is 4.43. The van der Waals surface area contributed by atoms with Crippen LogP contribution in [0.2, 0.25) is 0 Å². The maximum atomic E-state index is 12.2. The first-order chi connectivity index (χ1) is 11.0. The maximum absolute atomic E-state index is 12.2. The summed E-state index contributed by atoms with van der Waals surface area (Å²) in [4.78, 5) is 0. The lowest BCUT2D eigenvalue weighted by atomic mass is 10.2. The van der Waals surface area contributed by atoms with Crippen LogP contribution in [0.5, 0.6) is 0 Å². The molecule has 5 nitrogen and oxygen atoms in total. The molecule has 6 heteroatoms. The highest BCUT2D eigenvalue weighted by atomic mass is 32.2. The van der Waals surface area contributed by atoms with Gasteiger partial charge in [-0.15, -0.1) is 0 Å². The molecule has 0 aliphatic rings. The molecule has 0 N–H and O–H groups in total. The van der Waals surface area contributed by atoms with Crippen molar-refractivity contribution in [2.75, 3.05) is 0 Å². The number of benzene rings is 1. The lowest BCUT2D eigenvalue weighted by Crippen LogP contribution is -2.01. The SMILES string of the molecule is Cc1cc(CS(=O)Cc2ccc(-n3nc(C)cc3C)cc2)on1. The molecule has 0 spiro atoms. The molecule has 0 saturated heterocycles. The average Bonchev–Trinajstić information content (AvgIpc) is 3.05. The van der Waals surface area contributed by atoms with E-state index in [1.54, 1.807) is 0 Å². The van der Waals surface area contributed by atoms with Gasteiger partial charge in [-0.05, 0) is 44.5 Å². The lowest BCUT2D eigenvalue weighted by molar-refractivity contribution is 0.390. The van der Waals surface area contributed by atoms with Crippen LogP contribution in [0.3, 0.4) is 0 Å². The normalized spacial score (nSPS) is 12.5. The van der Waals surface area contributed by atoms with Crippen molar-refractivity contribution >= 4 is 10.8 Å². The van der Waals surface area contributed by atoms with Crippen LogP contribution < -0.4 is 0 Å². The molecule has 0 radical (unpaired) electrons. The Hall–Kier alpha value is -2.21. The lowest BCUT2D eigenvalue weighted by Gasteiger charge is -2.06. The second-order valence-electron chi connectivity index (χ2n) is 5.67. The van der Waals surface area contributed by atoms with Gasteiger partial charge in [0.1, 0.15) is 5.76 Å². The van der Waals surface area contributed by atoms with Gasteiger partial charge in [-0.25, -0.2) is 4.68 Å². The molecule has 0 bridgehead atoms. The average molecular weight is 329 g/mol. The minimum absolute atomic E-state index is 0.389. The summed E-state index contributed by atoms with van der Waals surface area (Å²) in [6.07, 6.45) is 0. The molecule has 0 fully saturated rings. The molecule has 3 aromatic rings. The molecule has 0 saturated carbocycles. The summed E-state index contributed by atoms with van der Waals surface area (Å²) in [7, 11) is -1.02. The van der Waals surface area contributed by atoms with Crippen LogP contribution in [0.4, 0.5) is 0 Å². The highest BCUT2D eigenvalue weighted by Gasteiger charge is 2.09. The van der Waals surface area contributed by atoms with Gasteiger partial charge < -0.3 is 4.52 Å². The summed E-state index contributed by atoms with van der Waals surface area (Å²) in [6.45, 7) is 5.86. The molecule has 0 aliphatic carbocycles. The Balaban J connectivity index is 1.67. The zero-order valence-electron chi connectivity index (χ0n) is 13.4. The third kappa shape index (κ3) is 3.76. The maximum Gasteiger partial charge on any atom is 0.149 e. The smallest absolute Gasteiger partial charge is 0.149 e. The third-order valence-electron chi connectivity index (χ3n) is 3.50. The zero-order valence-corrected chi connectivity index (χ0v) is 14.3. The van der Waals surface area contributed by atoms with Crippen molar-refractivity contribution < 1.29 is 8.73 Å². The fourth-order valence-electron chi connectivity index (χ4n) is 2.50. The van der Waals surface area contributed by atoms with E-state index in [1.807, 2.05) is 61.9 Å². The van der Waals surface area contributed by atoms with Crippen molar-refractivity contribution in [3.8, 4) is 5.69 Å². The molecule has 120 valence electrons. The Bertz CT molecular complexity index is 834. The van der Waals surface area contributed by atoms with Gasteiger partial charge in [0.05, 0.1) is 22.8 Å². The first-order valence-corrected chi connectivity index (χ1v) is 8.90. The summed E-state index contributed by atoms with van der Waals surface area (Å²) < 4.78 is 19.2. The number of rotatable bonds is 5. The van der Waals surface area contributed by atoms with Gasteiger partial charge in [-0.3, -0.25) is 4.21 Å². The quantitative estimate of drug-likeness (QED) is 0.721. The molecule has 23 heavy (non-hydrogen) atoms. The van der Waals surface area contributed by atoms with Gasteiger partial charge in [-0.2, -0.15) is 5.10 Å². The summed E-state index contributed by atoms with van der Waals surface area (Å²) in [6, 6.07) is 11.9. The largest absolute Gasteiger partial charge is 0.360 e. The van der Waals surface area contributed by atoms with Gasteiger partial charge in [0.15, 0.2) is 0 Å². The molecule has 1 unspecified atom stereocenters. The molecule has 3 rings (SSSR count). The van der Waals surface area contributed by atoms with Crippen molar-refractivity contribution in [1.82, 2.24) is 14.9 Å². The van der Waals surface area contributed by atoms with Crippen LogP contribution in [0.1, 0.15) is 28.4 Å². The van der Waals surface area contributed by atoms with Crippen molar-refractivity contribution in [1.29, 1.82) is 0 Å². The second kappa shape index (κ2) is 6.50. The standard InChI is InChI=1S/C17H19N3O2S/c1-12-8-14(3)20(18-12)16-6-4-15(5-7-16)10-23(21)11-17-9-13(2)19-22-17/h4-9H,10-11H2,1-3H3. The van der Waals surface area contributed by atoms with E-state index in [4.69, 9.17) is 4.52 Å². The summed E-state index contributed by atoms with van der Waals surface area (Å²) in [5.74, 6) is 1.55. The Morgan fingerprint density at radius 1 is 1.04 bits per heavy atom. The Labute approximate surface area is 137 Å². The molecule has 1 aromatic carbocycles. The van der Waals surface area contributed by atoms with Gasteiger partial charge in [0.2, 0.25) is 0 Å². The minimum Gasteiger partial charge on any atom is -0.360 e. The minimum atomic E-state index is -1.02. The first kappa shape index (κ1) is 15.7. The van der Waals surface area contributed by atoms with E-state index in [9.17, 15) is 4.21 Å². The van der Waals surface area contributed by atoms with Crippen LogP contribution in [-0.4, -0.2) is 19.1 Å². The van der Waals surface area contributed by atoms with Crippen LogP contribution >= 0.6 is 0 Å². The number of hydrogen-bond donors (Lipinski definition) is 0. The Morgan fingerprint density at radius 2 is 1.78 bits per heavy atom. The molecule has 2 heterocycles. The molecule has 1 atom stereocenters. The van der Waals surface area contributed by atoms with Crippen molar-refractivity contribution in [3.05, 3.63) is 64.8 Å². The number of aromatic nitrogens is 3. The number of nitrogens with zero attached hydrogens (tertiary/aromatic N) is 3. The van der Waals surface area contributed by atoms with Crippen molar-refractivity contribution in [2.24, 2.45) is 0 Å². The molecule has 2 aromatic heterocycles.